The van der Waals surface area contributed by atoms with Gasteiger partial charge in [0.2, 0.25) is 5.91 Å². The molecule has 1 heterocycles. The van der Waals surface area contributed by atoms with Crippen molar-refractivity contribution < 1.29 is 4.79 Å². The van der Waals surface area contributed by atoms with Crippen LogP contribution < -0.4 is 10.6 Å². The minimum atomic E-state index is -0.00351. The van der Waals surface area contributed by atoms with E-state index in [1.807, 2.05) is 43.6 Å². The lowest BCUT2D eigenvalue weighted by Crippen LogP contribution is -2.25. The zero-order chi connectivity index (χ0) is 13.7. The average Bonchev–Trinajstić information content (AvgIpc) is 2.85. The van der Waals surface area contributed by atoms with Gasteiger partial charge in [0, 0.05) is 19.0 Å². The summed E-state index contributed by atoms with van der Waals surface area (Å²) in [6, 6.07) is 8.04. The number of aromatic nitrogens is 1. The van der Waals surface area contributed by atoms with Crippen molar-refractivity contribution in [2.24, 2.45) is 0 Å². The highest BCUT2D eigenvalue weighted by Crippen LogP contribution is 2.14. The predicted octanol–water partition coefficient (Wildman–Crippen LogP) is 2.35. The van der Waals surface area contributed by atoms with Gasteiger partial charge in [-0.2, -0.15) is 0 Å². The lowest BCUT2D eigenvalue weighted by atomic mass is 10.1. The number of benzene rings is 1. The molecule has 2 N–H and O–H groups in total. The molecule has 0 radical (unpaired) electrons. The Labute approximate surface area is 116 Å². The van der Waals surface area contributed by atoms with Gasteiger partial charge in [-0.25, -0.2) is 4.98 Å². The summed E-state index contributed by atoms with van der Waals surface area (Å²) in [4.78, 5) is 16.1. The van der Waals surface area contributed by atoms with Gasteiger partial charge in [-0.15, -0.1) is 11.3 Å². The molecule has 100 valence electrons. The molecule has 1 aromatic carbocycles. The van der Waals surface area contributed by atoms with E-state index in [-0.39, 0.29) is 5.91 Å². The first-order chi connectivity index (χ1) is 9.19. The molecule has 0 atom stereocenters. The molecule has 0 unspecified atom stereocenters. The summed E-state index contributed by atoms with van der Waals surface area (Å²) in [6.07, 6.45) is 0.323. The smallest absolute Gasteiger partial charge is 0.226 e. The van der Waals surface area contributed by atoms with E-state index in [1.165, 1.54) is 16.9 Å². The Hall–Kier alpha value is -1.88. The number of aryl methyl sites for hydroxylation is 1. The second-order valence-corrected chi connectivity index (χ2v) is 5.13. The molecule has 0 spiro atoms. The van der Waals surface area contributed by atoms with Crippen molar-refractivity contribution >= 4 is 22.4 Å². The molecule has 4 nitrogen and oxygen atoms in total. The number of carbonyl (C=O) groups is 1. The summed E-state index contributed by atoms with van der Waals surface area (Å²) in [5.74, 6) is -0.00351. The fourth-order valence-corrected chi connectivity index (χ4v) is 2.40. The first-order valence-corrected chi connectivity index (χ1v) is 7.00. The molecule has 19 heavy (non-hydrogen) atoms. The molecule has 2 rings (SSSR count). The standard InChI is InChI=1S/C14H17N3OS/c1-10-5-3-4-6-11(10)8-16-13(18)7-12-9-19-14(15-2)17-12/h3-6,9H,7-8H2,1-2H3,(H,15,17)(H,16,18). The molecule has 0 aliphatic heterocycles. The third kappa shape index (κ3) is 3.79. The Morgan fingerprint density at radius 3 is 2.84 bits per heavy atom. The van der Waals surface area contributed by atoms with Gasteiger partial charge < -0.3 is 10.6 Å². The maximum atomic E-state index is 11.8. The molecule has 0 aliphatic carbocycles. The minimum absolute atomic E-state index is 0.00351. The van der Waals surface area contributed by atoms with Crippen LogP contribution in [0.2, 0.25) is 0 Å². The van der Waals surface area contributed by atoms with E-state index < -0.39 is 0 Å². The van der Waals surface area contributed by atoms with E-state index in [0.29, 0.717) is 13.0 Å². The van der Waals surface area contributed by atoms with Crippen molar-refractivity contribution in [3.8, 4) is 0 Å². The number of nitrogens with one attached hydrogen (secondary N) is 2. The van der Waals surface area contributed by atoms with Crippen molar-refractivity contribution in [2.75, 3.05) is 12.4 Å². The third-order valence-corrected chi connectivity index (χ3v) is 3.75. The first kappa shape index (κ1) is 13.5. The molecule has 0 saturated carbocycles. The van der Waals surface area contributed by atoms with E-state index in [9.17, 15) is 4.79 Å². The molecular formula is C14H17N3OS. The highest BCUT2D eigenvalue weighted by Gasteiger charge is 2.07. The lowest BCUT2D eigenvalue weighted by Gasteiger charge is -2.07. The van der Waals surface area contributed by atoms with Crippen LogP contribution in [0.5, 0.6) is 0 Å². The molecule has 5 heteroatoms. The van der Waals surface area contributed by atoms with Gasteiger partial charge in [-0.3, -0.25) is 4.79 Å². The van der Waals surface area contributed by atoms with Crippen LogP contribution in [-0.4, -0.2) is 17.9 Å². The van der Waals surface area contributed by atoms with Crippen LogP contribution in [0.3, 0.4) is 0 Å². The van der Waals surface area contributed by atoms with Crippen LogP contribution in [0.4, 0.5) is 5.13 Å². The number of rotatable bonds is 5. The Kier molecular flexibility index (Phi) is 4.52. The zero-order valence-electron chi connectivity index (χ0n) is 11.1. The van der Waals surface area contributed by atoms with E-state index in [1.54, 1.807) is 0 Å². The zero-order valence-corrected chi connectivity index (χ0v) is 11.9. The van der Waals surface area contributed by atoms with Crippen molar-refractivity contribution in [1.29, 1.82) is 0 Å². The van der Waals surface area contributed by atoms with Gasteiger partial charge in [0.05, 0.1) is 12.1 Å². The molecule has 0 bridgehead atoms. The maximum absolute atomic E-state index is 11.8. The molecule has 2 aromatic rings. The van der Waals surface area contributed by atoms with Crippen molar-refractivity contribution in [3.05, 3.63) is 46.5 Å². The molecule has 0 saturated heterocycles. The second kappa shape index (κ2) is 6.33. The van der Waals surface area contributed by atoms with Crippen LogP contribution in [0, 0.1) is 6.92 Å². The molecular weight excluding hydrogens is 258 g/mol. The first-order valence-electron chi connectivity index (χ1n) is 6.12. The SMILES string of the molecule is CNc1nc(CC(=O)NCc2ccccc2C)cs1. The third-order valence-electron chi connectivity index (χ3n) is 2.84. The van der Waals surface area contributed by atoms with Crippen LogP contribution in [-0.2, 0) is 17.8 Å². The van der Waals surface area contributed by atoms with Gasteiger partial charge in [0.15, 0.2) is 5.13 Å². The molecule has 1 amide bonds. The lowest BCUT2D eigenvalue weighted by molar-refractivity contribution is -0.120. The summed E-state index contributed by atoms with van der Waals surface area (Å²) in [6.45, 7) is 2.61. The molecule has 0 aliphatic rings. The number of thiazole rings is 1. The predicted molar refractivity (Wildman–Crippen MR) is 78.4 cm³/mol. The normalized spacial score (nSPS) is 10.2. The van der Waals surface area contributed by atoms with Gasteiger partial charge in [0.1, 0.15) is 0 Å². The number of hydrogen-bond donors (Lipinski definition) is 2. The summed E-state index contributed by atoms with van der Waals surface area (Å²) in [7, 11) is 1.82. The van der Waals surface area contributed by atoms with E-state index in [0.717, 1.165) is 16.4 Å². The van der Waals surface area contributed by atoms with E-state index >= 15 is 0 Å². The number of anilines is 1. The Bertz CT molecular complexity index is 565. The number of amides is 1. The van der Waals surface area contributed by atoms with Crippen molar-refractivity contribution in [1.82, 2.24) is 10.3 Å². The van der Waals surface area contributed by atoms with Crippen LogP contribution in [0.1, 0.15) is 16.8 Å². The molecule has 1 aromatic heterocycles. The van der Waals surface area contributed by atoms with Crippen LogP contribution in [0.25, 0.3) is 0 Å². The van der Waals surface area contributed by atoms with E-state index in [2.05, 4.69) is 15.6 Å². The van der Waals surface area contributed by atoms with Gasteiger partial charge in [-0.05, 0) is 18.1 Å². The monoisotopic (exact) mass is 275 g/mol. The van der Waals surface area contributed by atoms with Crippen molar-refractivity contribution in [3.63, 3.8) is 0 Å². The Morgan fingerprint density at radius 1 is 1.37 bits per heavy atom. The second-order valence-electron chi connectivity index (χ2n) is 4.27. The summed E-state index contributed by atoms with van der Waals surface area (Å²) in [5, 5.41) is 8.62. The summed E-state index contributed by atoms with van der Waals surface area (Å²) in [5.41, 5.74) is 3.13. The van der Waals surface area contributed by atoms with Gasteiger partial charge in [-0.1, -0.05) is 24.3 Å². The van der Waals surface area contributed by atoms with Crippen molar-refractivity contribution in [2.45, 2.75) is 19.9 Å². The van der Waals surface area contributed by atoms with Gasteiger partial charge >= 0.3 is 0 Å². The summed E-state index contributed by atoms with van der Waals surface area (Å²) >= 11 is 1.51. The van der Waals surface area contributed by atoms with Crippen LogP contribution in [0.15, 0.2) is 29.6 Å². The topological polar surface area (TPSA) is 54.0 Å². The highest BCUT2D eigenvalue weighted by molar-refractivity contribution is 7.13. The van der Waals surface area contributed by atoms with Gasteiger partial charge in [0.25, 0.3) is 0 Å². The maximum Gasteiger partial charge on any atom is 0.226 e. The largest absolute Gasteiger partial charge is 0.365 e. The molecule has 0 fully saturated rings. The Morgan fingerprint density at radius 2 is 2.16 bits per heavy atom. The van der Waals surface area contributed by atoms with E-state index in [4.69, 9.17) is 0 Å². The Balaban J connectivity index is 1.86. The van der Waals surface area contributed by atoms with Crippen LogP contribution >= 0.6 is 11.3 Å². The number of carbonyl (C=O) groups excluding carboxylic acids is 1. The number of hydrogen-bond acceptors (Lipinski definition) is 4. The highest BCUT2D eigenvalue weighted by atomic mass is 32.1. The quantitative estimate of drug-likeness (QED) is 0.880. The average molecular weight is 275 g/mol. The fourth-order valence-electron chi connectivity index (χ4n) is 1.73. The fraction of sp³-hybridized carbons (Fsp3) is 0.286. The number of nitrogens with zero attached hydrogens (tertiary/aromatic N) is 1. The summed E-state index contributed by atoms with van der Waals surface area (Å²) < 4.78 is 0. The minimum Gasteiger partial charge on any atom is -0.365 e.